The van der Waals surface area contributed by atoms with Crippen molar-refractivity contribution >= 4 is 17.2 Å². The minimum atomic E-state index is -0.371. The number of hydrogen-bond donors (Lipinski definition) is 0. The highest BCUT2D eigenvalue weighted by Crippen LogP contribution is 2.29. The van der Waals surface area contributed by atoms with E-state index in [0.29, 0.717) is 16.2 Å². The summed E-state index contributed by atoms with van der Waals surface area (Å²) in [7, 11) is 0. The van der Waals surface area contributed by atoms with Crippen molar-refractivity contribution in [1.29, 1.82) is 0 Å². The molecule has 0 atom stereocenters. The lowest BCUT2D eigenvalue weighted by Crippen LogP contribution is -1.93. The predicted molar refractivity (Wildman–Crippen MR) is 86.6 cm³/mol. The van der Waals surface area contributed by atoms with Crippen LogP contribution in [0, 0.1) is 5.82 Å². The van der Waals surface area contributed by atoms with Crippen LogP contribution < -0.4 is 0 Å². The Balaban J connectivity index is 1.84. The first kappa shape index (κ1) is 13.8. The number of aromatic nitrogens is 4. The molecule has 0 amide bonds. The Morgan fingerprint density at radius 2 is 1.91 bits per heavy atom. The fourth-order valence-corrected chi connectivity index (χ4v) is 2.72. The van der Waals surface area contributed by atoms with Crippen molar-refractivity contribution in [2.45, 2.75) is 0 Å². The molecule has 3 heterocycles. The molecule has 3 aromatic heterocycles. The van der Waals surface area contributed by atoms with Gasteiger partial charge in [0.15, 0.2) is 5.65 Å². The highest BCUT2D eigenvalue weighted by Gasteiger charge is 2.11. The molecule has 0 aliphatic carbocycles. The summed E-state index contributed by atoms with van der Waals surface area (Å²) in [5.41, 5.74) is 3.83. The standard InChI is InChI=1S/C17H10ClFN4/c18-15-7-12(19)4-5-13(15)11-8-21-17-14(9-22-23(17)10-11)16-3-1-2-6-20-16/h1-10H. The van der Waals surface area contributed by atoms with Gasteiger partial charge in [-0.25, -0.2) is 13.9 Å². The molecule has 1 aromatic carbocycles. The van der Waals surface area contributed by atoms with Crippen LogP contribution in [-0.4, -0.2) is 19.6 Å². The fraction of sp³-hybridized carbons (Fsp3) is 0. The van der Waals surface area contributed by atoms with Crippen LogP contribution in [0.5, 0.6) is 0 Å². The third-order valence-corrected chi connectivity index (χ3v) is 3.85. The highest BCUT2D eigenvalue weighted by molar-refractivity contribution is 6.33. The molecule has 0 unspecified atom stereocenters. The number of pyridine rings is 1. The van der Waals surface area contributed by atoms with E-state index in [4.69, 9.17) is 11.6 Å². The Labute approximate surface area is 136 Å². The first-order chi connectivity index (χ1) is 11.2. The smallest absolute Gasteiger partial charge is 0.164 e. The SMILES string of the molecule is Fc1ccc(-c2cnc3c(-c4ccccn4)cnn3c2)c(Cl)c1. The molecule has 0 N–H and O–H groups in total. The number of nitrogens with zero attached hydrogens (tertiary/aromatic N) is 4. The van der Waals surface area contributed by atoms with Gasteiger partial charge in [0.05, 0.1) is 22.5 Å². The van der Waals surface area contributed by atoms with E-state index in [1.165, 1.54) is 12.1 Å². The van der Waals surface area contributed by atoms with Crippen molar-refractivity contribution in [3.8, 4) is 22.4 Å². The van der Waals surface area contributed by atoms with Crippen LogP contribution in [0.2, 0.25) is 5.02 Å². The minimum Gasteiger partial charge on any atom is -0.256 e. The number of halogens is 2. The Kier molecular flexibility index (Phi) is 3.28. The maximum atomic E-state index is 13.2. The second-order valence-corrected chi connectivity index (χ2v) is 5.42. The predicted octanol–water partition coefficient (Wildman–Crippen LogP) is 4.25. The van der Waals surface area contributed by atoms with Crippen molar-refractivity contribution in [3.05, 3.63) is 72.0 Å². The van der Waals surface area contributed by atoms with E-state index in [9.17, 15) is 4.39 Å². The third kappa shape index (κ3) is 2.45. The molecule has 0 spiro atoms. The average molecular weight is 325 g/mol. The van der Waals surface area contributed by atoms with Gasteiger partial charge in [-0.05, 0) is 30.3 Å². The molecule has 0 aliphatic heterocycles. The topological polar surface area (TPSA) is 43.1 Å². The molecule has 4 nitrogen and oxygen atoms in total. The van der Waals surface area contributed by atoms with E-state index in [2.05, 4.69) is 15.1 Å². The maximum absolute atomic E-state index is 13.2. The van der Waals surface area contributed by atoms with Crippen molar-refractivity contribution in [1.82, 2.24) is 19.6 Å². The second kappa shape index (κ2) is 5.44. The third-order valence-electron chi connectivity index (χ3n) is 3.54. The largest absolute Gasteiger partial charge is 0.256 e. The zero-order chi connectivity index (χ0) is 15.8. The van der Waals surface area contributed by atoms with E-state index in [0.717, 1.165) is 16.8 Å². The molecule has 4 aromatic rings. The van der Waals surface area contributed by atoms with Crippen LogP contribution in [0.3, 0.4) is 0 Å². The molecular formula is C17H10ClFN4. The van der Waals surface area contributed by atoms with Crippen LogP contribution >= 0.6 is 11.6 Å². The summed E-state index contributed by atoms with van der Waals surface area (Å²) in [6.45, 7) is 0. The lowest BCUT2D eigenvalue weighted by Gasteiger charge is -2.05. The summed E-state index contributed by atoms with van der Waals surface area (Å²) < 4.78 is 14.8. The second-order valence-electron chi connectivity index (χ2n) is 5.01. The van der Waals surface area contributed by atoms with Gasteiger partial charge in [-0.3, -0.25) is 4.98 Å². The summed E-state index contributed by atoms with van der Waals surface area (Å²) in [6, 6.07) is 9.96. The van der Waals surface area contributed by atoms with Crippen molar-refractivity contribution in [2.75, 3.05) is 0 Å². The van der Waals surface area contributed by atoms with Crippen LogP contribution in [-0.2, 0) is 0 Å². The van der Waals surface area contributed by atoms with Crippen molar-refractivity contribution < 1.29 is 4.39 Å². The number of benzene rings is 1. The first-order valence-electron chi connectivity index (χ1n) is 6.92. The summed E-state index contributed by atoms with van der Waals surface area (Å²) in [5.74, 6) is -0.371. The monoisotopic (exact) mass is 324 g/mol. The summed E-state index contributed by atoms with van der Waals surface area (Å²) in [6.07, 6.45) is 6.96. The van der Waals surface area contributed by atoms with Crippen LogP contribution in [0.1, 0.15) is 0 Å². The van der Waals surface area contributed by atoms with Crippen LogP contribution in [0.25, 0.3) is 28.0 Å². The molecule has 0 bridgehead atoms. The van der Waals surface area contributed by atoms with Gasteiger partial charge in [0, 0.05) is 29.7 Å². The zero-order valence-electron chi connectivity index (χ0n) is 11.8. The van der Waals surface area contributed by atoms with Gasteiger partial charge in [0.25, 0.3) is 0 Å². The Hall–Kier alpha value is -2.79. The average Bonchev–Trinajstić information content (AvgIpc) is 2.99. The minimum absolute atomic E-state index is 0.336. The molecule has 0 radical (unpaired) electrons. The quantitative estimate of drug-likeness (QED) is 0.553. The summed E-state index contributed by atoms with van der Waals surface area (Å²) >= 11 is 6.11. The Morgan fingerprint density at radius 1 is 1.00 bits per heavy atom. The molecule has 0 fully saturated rings. The molecule has 0 saturated heterocycles. The first-order valence-corrected chi connectivity index (χ1v) is 7.30. The maximum Gasteiger partial charge on any atom is 0.164 e. The molecule has 0 saturated carbocycles. The normalized spacial score (nSPS) is 11.0. The summed E-state index contributed by atoms with van der Waals surface area (Å²) in [4.78, 5) is 8.79. The Bertz CT molecular complexity index is 998. The lowest BCUT2D eigenvalue weighted by atomic mass is 10.1. The van der Waals surface area contributed by atoms with Crippen LogP contribution in [0.15, 0.2) is 61.2 Å². The van der Waals surface area contributed by atoms with Gasteiger partial charge >= 0.3 is 0 Å². The van der Waals surface area contributed by atoms with Gasteiger partial charge in [0.2, 0.25) is 0 Å². The molecule has 4 rings (SSSR count). The molecule has 6 heteroatoms. The zero-order valence-corrected chi connectivity index (χ0v) is 12.6. The lowest BCUT2D eigenvalue weighted by molar-refractivity contribution is 0.628. The van der Waals surface area contributed by atoms with E-state index < -0.39 is 0 Å². The van der Waals surface area contributed by atoms with Gasteiger partial charge in [0.1, 0.15) is 5.82 Å². The number of fused-ring (bicyclic) bond motifs is 1. The molecule has 112 valence electrons. The van der Waals surface area contributed by atoms with Gasteiger partial charge in [-0.1, -0.05) is 17.7 Å². The van der Waals surface area contributed by atoms with E-state index in [1.54, 1.807) is 29.2 Å². The van der Waals surface area contributed by atoms with Gasteiger partial charge in [-0.15, -0.1) is 0 Å². The van der Waals surface area contributed by atoms with Crippen molar-refractivity contribution in [3.63, 3.8) is 0 Å². The van der Waals surface area contributed by atoms with Gasteiger partial charge in [-0.2, -0.15) is 5.10 Å². The molecule has 0 aliphatic rings. The van der Waals surface area contributed by atoms with Crippen LogP contribution in [0.4, 0.5) is 4.39 Å². The number of hydrogen-bond acceptors (Lipinski definition) is 3. The fourth-order valence-electron chi connectivity index (χ4n) is 2.44. The summed E-state index contributed by atoms with van der Waals surface area (Å²) in [5, 5.41) is 4.66. The van der Waals surface area contributed by atoms with E-state index in [1.807, 2.05) is 24.4 Å². The number of rotatable bonds is 2. The molecule has 23 heavy (non-hydrogen) atoms. The van der Waals surface area contributed by atoms with Gasteiger partial charge < -0.3 is 0 Å². The Morgan fingerprint density at radius 3 is 2.70 bits per heavy atom. The highest BCUT2D eigenvalue weighted by atomic mass is 35.5. The van der Waals surface area contributed by atoms with E-state index >= 15 is 0 Å². The van der Waals surface area contributed by atoms with Crippen molar-refractivity contribution in [2.24, 2.45) is 0 Å². The molecular weight excluding hydrogens is 315 g/mol. The van der Waals surface area contributed by atoms with E-state index in [-0.39, 0.29) is 5.82 Å².